The fourth-order valence-electron chi connectivity index (χ4n) is 1.57. The first kappa shape index (κ1) is 15.7. The van der Waals surface area contributed by atoms with Gasteiger partial charge in [-0.3, -0.25) is 4.79 Å². The van der Waals surface area contributed by atoms with Crippen molar-refractivity contribution in [3.05, 3.63) is 21.4 Å². The number of amides is 1. The maximum atomic E-state index is 12.3. The summed E-state index contributed by atoms with van der Waals surface area (Å²) < 4.78 is 5.07. The highest BCUT2D eigenvalue weighted by Gasteiger charge is 2.19. The topological polar surface area (TPSA) is 55.6 Å². The molecule has 1 aromatic heterocycles. The number of nitrogens with two attached hydrogens (primary N) is 1. The summed E-state index contributed by atoms with van der Waals surface area (Å²) in [5.41, 5.74) is 6.37. The van der Waals surface area contributed by atoms with E-state index in [1.165, 1.54) is 11.3 Å². The molecule has 104 valence electrons. The third-order valence-electron chi connectivity index (χ3n) is 2.82. The Bertz CT molecular complexity index is 499. The maximum absolute atomic E-state index is 12.3. The second-order valence-electron chi connectivity index (χ2n) is 4.35. The van der Waals surface area contributed by atoms with Crippen molar-refractivity contribution in [2.24, 2.45) is 5.73 Å². The Morgan fingerprint density at radius 1 is 1.63 bits per heavy atom. The molecule has 0 radical (unpaired) electrons. The zero-order valence-corrected chi connectivity index (χ0v) is 12.6. The van der Waals surface area contributed by atoms with Gasteiger partial charge in [0, 0.05) is 14.2 Å². The van der Waals surface area contributed by atoms with Crippen LogP contribution in [0.1, 0.15) is 27.0 Å². The van der Waals surface area contributed by atoms with Crippen LogP contribution in [0, 0.1) is 18.8 Å². The predicted octanol–water partition coefficient (Wildman–Crippen LogP) is 1.47. The summed E-state index contributed by atoms with van der Waals surface area (Å²) in [5.74, 6) is 5.80. The molecule has 0 aromatic carbocycles. The number of hydrogen-bond donors (Lipinski definition) is 1. The molecular formula is C14H20N2O2S. The van der Waals surface area contributed by atoms with E-state index in [2.05, 4.69) is 11.8 Å². The van der Waals surface area contributed by atoms with Gasteiger partial charge in [-0.25, -0.2) is 0 Å². The molecular weight excluding hydrogens is 260 g/mol. The Morgan fingerprint density at radius 2 is 2.32 bits per heavy atom. The van der Waals surface area contributed by atoms with E-state index in [0.717, 1.165) is 10.4 Å². The van der Waals surface area contributed by atoms with Crippen LogP contribution >= 0.6 is 11.3 Å². The average molecular weight is 280 g/mol. The van der Waals surface area contributed by atoms with Crippen molar-refractivity contribution in [3.63, 3.8) is 0 Å². The van der Waals surface area contributed by atoms with Crippen LogP contribution < -0.4 is 5.73 Å². The lowest BCUT2D eigenvalue weighted by Crippen LogP contribution is -2.37. The number of hydrogen-bond acceptors (Lipinski definition) is 4. The van der Waals surface area contributed by atoms with Gasteiger partial charge in [0.1, 0.15) is 0 Å². The summed E-state index contributed by atoms with van der Waals surface area (Å²) in [7, 11) is 3.41. The van der Waals surface area contributed by atoms with Gasteiger partial charge in [0.25, 0.3) is 5.91 Å². The number of methoxy groups -OCH3 is 1. The van der Waals surface area contributed by atoms with Crippen LogP contribution in [0.25, 0.3) is 0 Å². The van der Waals surface area contributed by atoms with E-state index in [1.54, 1.807) is 19.1 Å². The van der Waals surface area contributed by atoms with Crippen LogP contribution in [-0.2, 0) is 4.74 Å². The molecule has 19 heavy (non-hydrogen) atoms. The summed E-state index contributed by atoms with van der Waals surface area (Å²) in [6.07, 6.45) is 0. The average Bonchev–Trinajstić information content (AvgIpc) is 2.76. The van der Waals surface area contributed by atoms with Gasteiger partial charge in [0.05, 0.1) is 28.9 Å². The molecule has 0 aliphatic heterocycles. The van der Waals surface area contributed by atoms with Crippen molar-refractivity contribution >= 4 is 17.2 Å². The van der Waals surface area contributed by atoms with Crippen LogP contribution in [0.15, 0.2) is 6.07 Å². The summed E-state index contributed by atoms with van der Waals surface area (Å²) in [5, 5.41) is 0. The lowest BCUT2D eigenvalue weighted by atomic mass is 10.2. The van der Waals surface area contributed by atoms with E-state index in [9.17, 15) is 4.79 Å². The van der Waals surface area contributed by atoms with Crippen molar-refractivity contribution in [1.82, 2.24) is 4.90 Å². The predicted molar refractivity (Wildman–Crippen MR) is 78.4 cm³/mol. The molecule has 1 unspecified atom stereocenters. The first-order valence-electron chi connectivity index (χ1n) is 6.06. The number of thiophene rings is 1. The minimum Gasteiger partial charge on any atom is -0.383 e. The van der Waals surface area contributed by atoms with Gasteiger partial charge >= 0.3 is 0 Å². The molecule has 2 N–H and O–H groups in total. The Kier molecular flexibility index (Phi) is 6.03. The van der Waals surface area contributed by atoms with Gasteiger partial charge in [0.15, 0.2) is 0 Å². The SMILES string of the molecule is COCC(C)N(C)C(=O)c1cc(C)c(C#CCN)s1. The number of nitrogens with zero attached hydrogens (tertiary/aromatic N) is 1. The normalized spacial score (nSPS) is 11.6. The molecule has 0 saturated heterocycles. The third-order valence-corrected chi connectivity index (χ3v) is 3.96. The van der Waals surface area contributed by atoms with Crippen molar-refractivity contribution in [2.45, 2.75) is 19.9 Å². The van der Waals surface area contributed by atoms with Crippen LogP contribution in [0.4, 0.5) is 0 Å². The summed E-state index contributed by atoms with van der Waals surface area (Å²) in [6, 6.07) is 1.92. The minimum absolute atomic E-state index is 0.00144. The minimum atomic E-state index is -0.00144. The fraction of sp³-hybridized carbons (Fsp3) is 0.500. The fourth-order valence-corrected chi connectivity index (χ4v) is 2.60. The number of ether oxygens (including phenoxy) is 1. The third kappa shape index (κ3) is 4.06. The molecule has 0 aliphatic carbocycles. The lowest BCUT2D eigenvalue weighted by molar-refractivity contribution is 0.0638. The van der Waals surface area contributed by atoms with Crippen molar-refractivity contribution in [1.29, 1.82) is 0 Å². The first-order chi connectivity index (χ1) is 9.01. The van der Waals surface area contributed by atoms with Crippen molar-refractivity contribution in [2.75, 3.05) is 27.3 Å². The highest BCUT2D eigenvalue weighted by atomic mass is 32.1. The summed E-state index contributed by atoms with van der Waals surface area (Å²) in [4.78, 5) is 15.6. The number of likely N-dealkylation sites (N-methyl/N-ethyl adjacent to an activating group) is 1. The zero-order valence-electron chi connectivity index (χ0n) is 11.8. The number of rotatable bonds is 4. The molecule has 5 heteroatoms. The molecule has 0 saturated carbocycles. The van der Waals surface area contributed by atoms with Gasteiger partial charge in [-0.15, -0.1) is 11.3 Å². The highest BCUT2D eigenvalue weighted by molar-refractivity contribution is 7.14. The van der Waals surface area contributed by atoms with E-state index in [-0.39, 0.29) is 11.9 Å². The van der Waals surface area contributed by atoms with E-state index >= 15 is 0 Å². The number of carbonyl (C=O) groups excluding carboxylic acids is 1. The molecule has 1 atom stereocenters. The smallest absolute Gasteiger partial charge is 0.264 e. The first-order valence-corrected chi connectivity index (χ1v) is 6.88. The number of carbonyl (C=O) groups is 1. The standard InChI is InChI=1S/C14H20N2O2S/c1-10-8-13(19-12(10)6-5-7-15)14(17)16(3)11(2)9-18-4/h8,11H,7,9,15H2,1-4H3. The van der Waals surface area contributed by atoms with Crippen LogP contribution in [-0.4, -0.2) is 44.2 Å². The van der Waals surface area contributed by atoms with Gasteiger partial charge in [-0.05, 0) is 25.5 Å². The van der Waals surface area contributed by atoms with Crippen LogP contribution in [0.2, 0.25) is 0 Å². The van der Waals surface area contributed by atoms with Crippen LogP contribution in [0.5, 0.6) is 0 Å². The van der Waals surface area contributed by atoms with Crippen molar-refractivity contribution < 1.29 is 9.53 Å². The molecule has 0 fully saturated rings. The quantitative estimate of drug-likeness (QED) is 0.850. The summed E-state index contributed by atoms with van der Waals surface area (Å²) >= 11 is 1.41. The molecule has 1 rings (SSSR count). The Morgan fingerprint density at radius 3 is 2.89 bits per heavy atom. The molecule has 1 amide bonds. The zero-order chi connectivity index (χ0) is 14.4. The highest BCUT2D eigenvalue weighted by Crippen LogP contribution is 2.22. The van der Waals surface area contributed by atoms with Crippen LogP contribution in [0.3, 0.4) is 0 Å². The molecule has 0 aliphatic rings. The van der Waals surface area contributed by atoms with E-state index in [0.29, 0.717) is 18.0 Å². The van der Waals surface area contributed by atoms with Gasteiger partial charge in [0.2, 0.25) is 0 Å². The second kappa shape index (κ2) is 7.29. The van der Waals surface area contributed by atoms with E-state index in [1.807, 2.05) is 19.9 Å². The lowest BCUT2D eigenvalue weighted by Gasteiger charge is -2.23. The maximum Gasteiger partial charge on any atom is 0.264 e. The molecule has 1 aromatic rings. The van der Waals surface area contributed by atoms with Crippen molar-refractivity contribution in [3.8, 4) is 11.8 Å². The van der Waals surface area contributed by atoms with Gasteiger partial charge in [-0.2, -0.15) is 0 Å². The Balaban J connectivity index is 2.88. The molecule has 4 nitrogen and oxygen atoms in total. The Hall–Kier alpha value is -1.35. The second-order valence-corrected chi connectivity index (χ2v) is 5.40. The number of aryl methyl sites for hydroxylation is 1. The summed E-state index contributed by atoms with van der Waals surface area (Å²) in [6.45, 7) is 4.75. The van der Waals surface area contributed by atoms with E-state index in [4.69, 9.17) is 10.5 Å². The molecule has 0 bridgehead atoms. The largest absolute Gasteiger partial charge is 0.383 e. The van der Waals surface area contributed by atoms with Gasteiger partial charge < -0.3 is 15.4 Å². The van der Waals surface area contributed by atoms with E-state index < -0.39 is 0 Å². The van der Waals surface area contributed by atoms with Gasteiger partial charge in [-0.1, -0.05) is 11.8 Å². The molecule has 1 heterocycles. The monoisotopic (exact) mass is 280 g/mol. The molecule has 0 spiro atoms. The Labute approximate surface area is 118 Å².